The van der Waals surface area contributed by atoms with Gasteiger partial charge in [-0.2, -0.15) is 0 Å². The van der Waals surface area contributed by atoms with Gasteiger partial charge < -0.3 is 35.9 Å². The smallest absolute Gasteiger partial charge is 0.0805 e. The Morgan fingerprint density at radius 2 is 0.389 bits per heavy atom. The molecule has 8 heterocycles. The molecule has 0 aliphatic carbocycles. The first kappa shape index (κ1) is 46.0. The first-order valence-electron chi connectivity index (χ1n) is 31.1. The number of rotatable bonds is 4. The minimum absolute atomic E-state index is 1.08. The van der Waals surface area contributed by atoms with Crippen molar-refractivity contribution in [3.05, 3.63) is 279 Å². The van der Waals surface area contributed by atoms with Crippen LogP contribution in [0.2, 0.25) is 0 Å². The number of hydrogen-bond acceptors (Lipinski definition) is 0. The molecule has 0 fully saturated rings. The third kappa shape index (κ3) is 5.33. The van der Waals surface area contributed by atoms with E-state index in [0.717, 1.165) is 88.9 Å². The first-order chi connectivity index (χ1) is 44.7. The van der Waals surface area contributed by atoms with E-state index in [1.807, 2.05) is 0 Å². The van der Waals surface area contributed by atoms with Gasteiger partial charge in [-0.25, -0.2) is 0 Å². The number of para-hydroxylation sites is 8. The van der Waals surface area contributed by atoms with Crippen molar-refractivity contribution in [3.8, 4) is 22.7 Å². The number of nitrogens with zero attached hydrogens (tertiary/aromatic N) is 8. The van der Waals surface area contributed by atoms with E-state index in [4.69, 9.17) is 0 Å². The molecular weight excluding hydrogens is 1100 g/mol. The molecule has 0 saturated heterocycles. The summed E-state index contributed by atoms with van der Waals surface area (Å²) in [5.41, 5.74) is 27.3. The van der Waals surface area contributed by atoms with Crippen LogP contribution >= 0.6 is 0 Å². The number of benzene rings is 15. The van der Waals surface area contributed by atoms with Gasteiger partial charge in [0.05, 0.1) is 110 Å². The van der Waals surface area contributed by atoms with Gasteiger partial charge in [-0.3, -0.25) is 0 Å². The van der Waals surface area contributed by atoms with Gasteiger partial charge >= 0.3 is 0 Å². The number of aromatic nitrogens is 8. The fourth-order valence-electron chi connectivity index (χ4n) is 17.3. The largest absolute Gasteiger partial charge is 0.306 e. The molecule has 0 aliphatic rings. The Labute approximate surface area is 509 Å². The molecule has 23 aromatic rings. The molecule has 15 aromatic carbocycles. The summed E-state index contributed by atoms with van der Waals surface area (Å²) in [5, 5.41) is 15.1. The highest BCUT2D eigenvalue weighted by Crippen LogP contribution is 2.53. The van der Waals surface area contributed by atoms with Crippen LogP contribution in [-0.4, -0.2) is 35.9 Å². The Morgan fingerprint density at radius 3 is 0.711 bits per heavy atom. The van der Waals surface area contributed by atoms with Gasteiger partial charge in [0.25, 0.3) is 0 Å². The zero-order chi connectivity index (χ0) is 57.9. The average Bonchev–Trinajstić information content (AvgIpc) is 0.666. The van der Waals surface area contributed by atoms with Crippen LogP contribution in [0.3, 0.4) is 0 Å². The van der Waals surface area contributed by atoms with Gasteiger partial charge in [-0.15, -0.1) is 0 Å². The minimum Gasteiger partial charge on any atom is -0.306 e. The van der Waals surface area contributed by atoms with Gasteiger partial charge in [0.15, 0.2) is 0 Å². The minimum atomic E-state index is 1.08. The predicted molar refractivity (Wildman–Crippen MR) is 375 cm³/mol. The second-order valence-electron chi connectivity index (χ2n) is 24.8. The summed E-state index contributed by atoms with van der Waals surface area (Å²) in [6, 6.07) is 105. The third-order valence-electron chi connectivity index (χ3n) is 20.5. The Hall–Kier alpha value is -12.3. The lowest BCUT2D eigenvalue weighted by Crippen LogP contribution is -2.14. The average molecular weight is 1140 g/mol. The van der Waals surface area contributed by atoms with Crippen molar-refractivity contribution < 1.29 is 0 Å². The molecular formula is C82H46N8. The molecule has 90 heavy (non-hydrogen) atoms. The fraction of sp³-hybridized carbons (Fsp3) is 0. The molecule has 0 saturated carbocycles. The summed E-state index contributed by atoms with van der Waals surface area (Å²) in [4.78, 5) is 0. The molecule has 0 unspecified atom stereocenters. The molecule has 0 atom stereocenters. The number of pyridine rings is 4. The van der Waals surface area contributed by atoms with Crippen LogP contribution in [0.5, 0.6) is 0 Å². The molecule has 0 spiro atoms. The van der Waals surface area contributed by atoms with Crippen molar-refractivity contribution in [2.75, 3.05) is 0 Å². The van der Waals surface area contributed by atoms with Crippen LogP contribution in [0.1, 0.15) is 0 Å². The molecule has 8 heteroatoms. The maximum atomic E-state index is 2.66. The highest BCUT2D eigenvalue weighted by Gasteiger charge is 2.32. The van der Waals surface area contributed by atoms with Crippen LogP contribution < -0.4 is 0 Å². The van der Waals surface area contributed by atoms with Gasteiger partial charge in [-0.05, 0) is 155 Å². The Bertz CT molecular complexity index is 6680. The highest BCUT2D eigenvalue weighted by atomic mass is 15.1. The zero-order valence-electron chi connectivity index (χ0n) is 48.1. The maximum Gasteiger partial charge on any atom is 0.0805 e. The van der Waals surface area contributed by atoms with E-state index < -0.39 is 0 Å². The second kappa shape index (κ2) is 16.0. The van der Waals surface area contributed by atoms with Gasteiger partial charge in [0, 0.05) is 65.8 Å². The van der Waals surface area contributed by atoms with Crippen LogP contribution in [0.25, 0.3) is 198 Å². The van der Waals surface area contributed by atoms with Gasteiger partial charge in [0.2, 0.25) is 0 Å². The Morgan fingerprint density at radius 1 is 0.144 bits per heavy atom. The van der Waals surface area contributed by atoms with Crippen LogP contribution in [0.4, 0.5) is 0 Å². The van der Waals surface area contributed by atoms with E-state index in [9.17, 15) is 0 Å². The first-order valence-corrected chi connectivity index (χ1v) is 31.1. The molecule has 0 amide bonds. The Balaban J connectivity index is 1.05. The van der Waals surface area contributed by atoms with Crippen LogP contribution in [0.15, 0.2) is 279 Å². The molecule has 0 N–H and O–H groups in total. The quantitative estimate of drug-likeness (QED) is 0.124. The van der Waals surface area contributed by atoms with E-state index in [2.05, 4.69) is 315 Å². The summed E-state index contributed by atoms with van der Waals surface area (Å²) in [7, 11) is 0. The van der Waals surface area contributed by atoms with E-state index in [1.165, 1.54) is 109 Å². The predicted octanol–water partition coefficient (Wildman–Crippen LogP) is 20.9. The lowest BCUT2D eigenvalue weighted by molar-refractivity contribution is 1.10. The van der Waals surface area contributed by atoms with Gasteiger partial charge in [-0.1, -0.05) is 146 Å². The topological polar surface area (TPSA) is 37.4 Å². The molecule has 0 bridgehead atoms. The summed E-state index contributed by atoms with van der Waals surface area (Å²) < 4.78 is 20.7. The van der Waals surface area contributed by atoms with Crippen molar-refractivity contribution in [1.29, 1.82) is 0 Å². The van der Waals surface area contributed by atoms with Crippen LogP contribution in [0, 0.1) is 0 Å². The lowest BCUT2D eigenvalue weighted by Gasteiger charge is -2.30. The van der Waals surface area contributed by atoms with Crippen LogP contribution in [-0.2, 0) is 0 Å². The molecule has 0 radical (unpaired) electrons. The molecule has 8 aromatic heterocycles. The van der Waals surface area contributed by atoms with Crippen molar-refractivity contribution in [2.45, 2.75) is 0 Å². The number of hydrogen-bond donors (Lipinski definition) is 0. The van der Waals surface area contributed by atoms with Crippen molar-refractivity contribution >= 4 is 175 Å². The lowest BCUT2D eigenvalue weighted by atomic mass is 9.90. The summed E-state index contributed by atoms with van der Waals surface area (Å²) in [6.07, 6.45) is 0. The summed E-state index contributed by atoms with van der Waals surface area (Å²) >= 11 is 0. The van der Waals surface area contributed by atoms with E-state index in [1.54, 1.807) is 0 Å². The molecule has 414 valence electrons. The monoisotopic (exact) mass is 1140 g/mol. The standard InChI is InChI=1S/C82H46N8/c1-5-25-51(26-6-1)83-55-33-13-15-35-57(55)87-59-37-17-21-47-41-49-23-19-39-61-73(49)75(71(47)59)77-79(87)67(83)45-69-81(77)89(61)65-44-66-64(43-63(65)85(69)53-29-9-3-10-30-53)86(54-31-11-4-12-32-54)70-46-68-80-78-76-72-48(42-50-24-20-40-62(74(50)76)90(66)82(70)78)22-18-38-60(72)88(80)58-36-16-14-34-56(58)84(68)52-27-7-2-8-28-52/h1-46H. The Kier molecular flexibility index (Phi) is 8.19. The molecule has 0 aliphatic heterocycles. The van der Waals surface area contributed by atoms with Crippen molar-refractivity contribution in [2.24, 2.45) is 0 Å². The SMILES string of the molecule is c1ccc(-n2c3ccccc3n3c4cccc5cc6cccc7c6c(c54)c4c3c2cc2c4n7c3cc4c(cc3n2-c2ccccc2)n(-c2ccccc2)c2cc3c5c6c7c8c(cccc8n5c5ccccc5n3-c3ccccc3)cc3cccc(c37)n4c62)cc1. The van der Waals surface area contributed by atoms with E-state index >= 15 is 0 Å². The van der Waals surface area contributed by atoms with E-state index in [-0.39, 0.29) is 0 Å². The number of fused-ring (bicyclic) bond motifs is 12. The fourth-order valence-corrected chi connectivity index (χ4v) is 17.3. The second-order valence-corrected chi connectivity index (χ2v) is 24.8. The normalized spacial score (nSPS) is 12.9. The van der Waals surface area contributed by atoms with Crippen molar-refractivity contribution in [1.82, 2.24) is 35.9 Å². The van der Waals surface area contributed by atoms with Crippen molar-refractivity contribution in [3.63, 3.8) is 0 Å². The summed E-state index contributed by atoms with van der Waals surface area (Å²) in [6.45, 7) is 0. The third-order valence-corrected chi connectivity index (χ3v) is 20.5. The molecule has 8 nitrogen and oxygen atoms in total. The maximum absolute atomic E-state index is 2.66. The zero-order valence-corrected chi connectivity index (χ0v) is 48.1. The molecule has 23 rings (SSSR count). The van der Waals surface area contributed by atoms with Gasteiger partial charge in [0.1, 0.15) is 0 Å². The van der Waals surface area contributed by atoms with E-state index in [0.29, 0.717) is 0 Å². The highest BCUT2D eigenvalue weighted by molar-refractivity contribution is 6.41. The summed E-state index contributed by atoms with van der Waals surface area (Å²) in [5.74, 6) is 0.